The van der Waals surface area contributed by atoms with Gasteiger partial charge >= 0.3 is 5.97 Å². The summed E-state index contributed by atoms with van der Waals surface area (Å²) in [5.74, 6) is -0.102. The van der Waals surface area contributed by atoms with Gasteiger partial charge in [0.15, 0.2) is 0 Å². The summed E-state index contributed by atoms with van der Waals surface area (Å²) < 4.78 is 1.67. The van der Waals surface area contributed by atoms with Crippen molar-refractivity contribution in [3.8, 4) is 0 Å². The number of piperidine rings is 1. The van der Waals surface area contributed by atoms with E-state index < -0.39 is 5.97 Å². The van der Waals surface area contributed by atoms with Crippen LogP contribution in [-0.4, -0.2) is 38.8 Å². The first-order valence-corrected chi connectivity index (χ1v) is 6.04. The van der Waals surface area contributed by atoms with E-state index in [2.05, 4.69) is 16.9 Å². The molecule has 1 aliphatic heterocycles. The van der Waals surface area contributed by atoms with E-state index in [1.807, 2.05) is 0 Å². The van der Waals surface area contributed by atoms with Crippen molar-refractivity contribution >= 4 is 5.97 Å². The average molecular weight is 237 g/mol. The van der Waals surface area contributed by atoms with Crippen LogP contribution < -0.4 is 0 Å². The van der Waals surface area contributed by atoms with Gasteiger partial charge in [0.25, 0.3) is 0 Å². The lowest BCUT2D eigenvalue weighted by Crippen LogP contribution is -2.33. The Bertz CT molecular complexity index is 406. The number of aromatic carboxylic acids is 1. The molecule has 0 unspecified atom stereocenters. The second-order valence-electron chi connectivity index (χ2n) is 4.89. The number of likely N-dealkylation sites (tertiary alicyclic amines) is 1. The second kappa shape index (κ2) is 4.87. The molecular weight excluding hydrogens is 218 g/mol. The molecule has 5 heteroatoms. The Morgan fingerprint density at radius 3 is 2.76 bits per heavy atom. The van der Waals surface area contributed by atoms with Gasteiger partial charge in [-0.2, -0.15) is 5.10 Å². The Labute approximate surface area is 101 Å². The van der Waals surface area contributed by atoms with Crippen LogP contribution in [-0.2, 0) is 13.6 Å². The molecule has 0 bridgehead atoms. The van der Waals surface area contributed by atoms with Crippen LogP contribution in [0, 0.1) is 5.92 Å². The zero-order valence-electron chi connectivity index (χ0n) is 10.4. The smallest absolute Gasteiger partial charge is 0.339 e. The van der Waals surface area contributed by atoms with Gasteiger partial charge in [0.2, 0.25) is 0 Å². The zero-order valence-corrected chi connectivity index (χ0v) is 10.4. The Morgan fingerprint density at radius 2 is 2.18 bits per heavy atom. The number of rotatable bonds is 3. The van der Waals surface area contributed by atoms with Crippen LogP contribution in [0.1, 0.15) is 35.8 Å². The number of hydrogen-bond donors (Lipinski definition) is 1. The number of hydrogen-bond acceptors (Lipinski definition) is 3. The molecule has 0 amide bonds. The first-order chi connectivity index (χ1) is 8.08. The molecule has 2 heterocycles. The first kappa shape index (κ1) is 12.1. The van der Waals surface area contributed by atoms with Gasteiger partial charge in [0.05, 0.1) is 11.9 Å². The summed E-state index contributed by atoms with van der Waals surface area (Å²) in [6.45, 7) is 5.05. The molecule has 2 rings (SSSR count). The fourth-order valence-corrected chi connectivity index (χ4v) is 2.26. The molecule has 1 N–H and O–H groups in total. The van der Waals surface area contributed by atoms with Gasteiger partial charge in [-0.15, -0.1) is 0 Å². The summed E-state index contributed by atoms with van der Waals surface area (Å²) in [5, 5.41) is 13.1. The van der Waals surface area contributed by atoms with E-state index in [0.717, 1.165) is 24.7 Å². The minimum atomic E-state index is -0.890. The van der Waals surface area contributed by atoms with E-state index in [9.17, 15) is 4.79 Å². The molecule has 0 spiro atoms. The Hall–Kier alpha value is -1.36. The lowest BCUT2D eigenvalue weighted by molar-refractivity contribution is 0.0693. The maximum absolute atomic E-state index is 11.1. The molecule has 0 radical (unpaired) electrons. The van der Waals surface area contributed by atoms with E-state index in [4.69, 9.17) is 5.11 Å². The van der Waals surface area contributed by atoms with Crippen molar-refractivity contribution in [1.82, 2.24) is 14.7 Å². The standard InChI is InChI=1S/C12H19N3O2/c1-9-3-5-15(6-4-9)8-11-10(12(16)17)7-13-14(11)2/h7,9H,3-6,8H2,1-2H3,(H,16,17). The molecular formula is C12H19N3O2. The summed E-state index contributed by atoms with van der Waals surface area (Å²) in [5.41, 5.74) is 1.12. The highest BCUT2D eigenvalue weighted by molar-refractivity contribution is 5.88. The van der Waals surface area contributed by atoms with Gasteiger partial charge in [-0.1, -0.05) is 6.92 Å². The summed E-state index contributed by atoms with van der Waals surface area (Å²) in [6, 6.07) is 0. The Kier molecular flexibility index (Phi) is 3.47. The molecule has 5 nitrogen and oxygen atoms in total. The van der Waals surface area contributed by atoms with E-state index in [0.29, 0.717) is 12.1 Å². The molecule has 94 valence electrons. The minimum absolute atomic E-state index is 0.325. The highest BCUT2D eigenvalue weighted by Crippen LogP contribution is 2.19. The summed E-state index contributed by atoms with van der Waals surface area (Å²) in [6.07, 6.45) is 3.82. The number of carboxylic acid groups (broad SMARTS) is 1. The normalized spacial score (nSPS) is 18.5. The summed E-state index contributed by atoms with van der Waals surface area (Å²) >= 11 is 0. The maximum Gasteiger partial charge on any atom is 0.339 e. The van der Waals surface area contributed by atoms with Crippen LogP contribution in [0.5, 0.6) is 0 Å². The fourth-order valence-electron chi connectivity index (χ4n) is 2.26. The quantitative estimate of drug-likeness (QED) is 0.862. The predicted octanol–water partition coefficient (Wildman–Crippen LogP) is 1.35. The van der Waals surface area contributed by atoms with Crippen LogP contribution in [0.2, 0.25) is 0 Å². The third-order valence-corrected chi connectivity index (χ3v) is 3.54. The van der Waals surface area contributed by atoms with Crippen molar-refractivity contribution in [1.29, 1.82) is 0 Å². The minimum Gasteiger partial charge on any atom is -0.478 e. The van der Waals surface area contributed by atoms with Crippen LogP contribution in [0.4, 0.5) is 0 Å². The molecule has 0 atom stereocenters. The molecule has 0 saturated carbocycles. The van der Waals surface area contributed by atoms with Crippen molar-refractivity contribution < 1.29 is 9.90 Å². The van der Waals surface area contributed by atoms with Crippen LogP contribution in [0.25, 0.3) is 0 Å². The van der Waals surface area contributed by atoms with Crippen LogP contribution >= 0.6 is 0 Å². The number of carbonyl (C=O) groups is 1. The van der Waals surface area contributed by atoms with E-state index >= 15 is 0 Å². The Balaban J connectivity index is 2.08. The van der Waals surface area contributed by atoms with E-state index in [1.165, 1.54) is 19.0 Å². The van der Waals surface area contributed by atoms with Crippen molar-refractivity contribution in [2.24, 2.45) is 13.0 Å². The number of nitrogens with zero attached hydrogens (tertiary/aromatic N) is 3. The topological polar surface area (TPSA) is 58.4 Å². The van der Waals surface area contributed by atoms with Gasteiger partial charge in [-0.05, 0) is 31.8 Å². The largest absolute Gasteiger partial charge is 0.478 e. The summed E-state index contributed by atoms with van der Waals surface area (Å²) in [7, 11) is 1.80. The molecule has 1 aliphatic rings. The number of carboxylic acids is 1. The molecule has 0 aromatic carbocycles. The maximum atomic E-state index is 11.1. The fraction of sp³-hybridized carbons (Fsp3) is 0.667. The first-order valence-electron chi connectivity index (χ1n) is 6.04. The summed E-state index contributed by atoms with van der Waals surface area (Å²) in [4.78, 5) is 13.4. The molecule has 1 fully saturated rings. The zero-order chi connectivity index (χ0) is 12.4. The third kappa shape index (κ3) is 2.66. The highest BCUT2D eigenvalue weighted by atomic mass is 16.4. The van der Waals surface area contributed by atoms with Gasteiger partial charge < -0.3 is 5.11 Å². The number of aryl methyl sites for hydroxylation is 1. The Morgan fingerprint density at radius 1 is 1.53 bits per heavy atom. The molecule has 1 saturated heterocycles. The lowest BCUT2D eigenvalue weighted by Gasteiger charge is -2.30. The van der Waals surface area contributed by atoms with Gasteiger partial charge in [0, 0.05) is 13.6 Å². The highest BCUT2D eigenvalue weighted by Gasteiger charge is 2.20. The SMILES string of the molecule is CC1CCN(Cc2c(C(=O)O)cnn2C)CC1. The predicted molar refractivity (Wildman–Crippen MR) is 63.8 cm³/mol. The van der Waals surface area contributed by atoms with Gasteiger partial charge in [0.1, 0.15) is 5.56 Å². The van der Waals surface area contributed by atoms with Crippen molar-refractivity contribution in [3.05, 3.63) is 17.5 Å². The molecule has 17 heavy (non-hydrogen) atoms. The third-order valence-electron chi connectivity index (χ3n) is 3.54. The van der Waals surface area contributed by atoms with Crippen LogP contribution in [0.15, 0.2) is 6.20 Å². The van der Waals surface area contributed by atoms with Crippen molar-refractivity contribution in [2.45, 2.75) is 26.3 Å². The second-order valence-corrected chi connectivity index (χ2v) is 4.89. The van der Waals surface area contributed by atoms with E-state index in [1.54, 1.807) is 11.7 Å². The molecule has 1 aromatic heterocycles. The lowest BCUT2D eigenvalue weighted by atomic mass is 9.99. The monoisotopic (exact) mass is 237 g/mol. The van der Waals surface area contributed by atoms with Crippen LogP contribution in [0.3, 0.4) is 0 Å². The average Bonchev–Trinajstić information content (AvgIpc) is 2.64. The molecule has 0 aliphatic carbocycles. The van der Waals surface area contributed by atoms with Gasteiger partial charge in [-0.25, -0.2) is 4.79 Å². The van der Waals surface area contributed by atoms with Crippen molar-refractivity contribution in [3.63, 3.8) is 0 Å². The van der Waals surface area contributed by atoms with Gasteiger partial charge in [-0.3, -0.25) is 9.58 Å². The molecule has 1 aromatic rings. The van der Waals surface area contributed by atoms with E-state index in [-0.39, 0.29) is 0 Å². The number of aromatic nitrogens is 2. The van der Waals surface area contributed by atoms with Crippen molar-refractivity contribution in [2.75, 3.05) is 13.1 Å².